The molecule has 1 unspecified atom stereocenters. The van der Waals surface area contributed by atoms with Crippen LogP contribution in [0.2, 0.25) is 0 Å². The van der Waals surface area contributed by atoms with Gasteiger partial charge in [0.1, 0.15) is 11.4 Å². The summed E-state index contributed by atoms with van der Waals surface area (Å²) in [7, 11) is 1.28. The molecule has 0 spiro atoms. The molecule has 1 amide bonds. The van der Waals surface area contributed by atoms with Gasteiger partial charge >= 0.3 is 5.97 Å². The third-order valence-electron chi connectivity index (χ3n) is 3.11. The largest absolute Gasteiger partial charge is 0.465 e. The van der Waals surface area contributed by atoms with Crippen molar-refractivity contribution in [3.63, 3.8) is 0 Å². The maximum absolute atomic E-state index is 12.4. The first kappa shape index (κ1) is 14.4. The van der Waals surface area contributed by atoms with Gasteiger partial charge in [0.25, 0.3) is 5.91 Å². The van der Waals surface area contributed by atoms with Crippen molar-refractivity contribution < 1.29 is 14.3 Å². The molecule has 2 N–H and O–H groups in total. The summed E-state index contributed by atoms with van der Waals surface area (Å²) in [5.74, 6) is -0.624. The average molecular weight is 315 g/mol. The van der Waals surface area contributed by atoms with Crippen LogP contribution in [-0.4, -0.2) is 29.3 Å². The summed E-state index contributed by atoms with van der Waals surface area (Å²) >= 11 is 1.42. The molecule has 0 radical (unpaired) electrons. The van der Waals surface area contributed by atoms with Gasteiger partial charge < -0.3 is 15.4 Å². The minimum Gasteiger partial charge on any atom is -0.465 e. The minimum absolute atomic E-state index is 0.192. The highest BCUT2D eigenvalue weighted by Gasteiger charge is 2.28. The molecule has 22 heavy (non-hydrogen) atoms. The Morgan fingerprint density at radius 3 is 2.86 bits per heavy atom. The van der Waals surface area contributed by atoms with Gasteiger partial charge in [-0.05, 0) is 24.3 Å². The molecule has 6 nitrogen and oxygen atoms in total. The molecule has 1 aliphatic rings. The number of esters is 1. The first-order valence-corrected chi connectivity index (χ1v) is 7.43. The second-order valence-corrected chi connectivity index (χ2v) is 5.67. The molecule has 7 heteroatoms. The fourth-order valence-corrected chi connectivity index (χ4v) is 3.08. The number of ether oxygens (including phenoxy) is 1. The molecule has 1 aromatic carbocycles. The lowest BCUT2D eigenvalue weighted by Gasteiger charge is -2.12. The molecule has 1 aliphatic heterocycles. The lowest BCUT2D eigenvalue weighted by atomic mass is 10.2. The monoisotopic (exact) mass is 315 g/mol. The molecule has 0 bridgehead atoms. The Balaban J connectivity index is 1.75. The number of nitrogens with one attached hydrogen (secondary N) is 2. The van der Waals surface area contributed by atoms with Crippen LogP contribution in [0.3, 0.4) is 0 Å². The number of aromatic nitrogens is 1. The molecule has 2 heterocycles. The lowest BCUT2D eigenvalue weighted by molar-refractivity contribution is -0.115. The predicted octanol–water partition coefficient (Wildman–Crippen LogP) is 2.35. The molecule has 1 aromatic heterocycles. The van der Waals surface area contributed by atoms with Crippen LogP contribution in [0.25, 0.3) is 0 Å². The van der Waals surface area contributed by atoms with Crippen molar-refractivity contribution in [1.82, 2.24) is 4.98 Å². The van der Waals surface area contributed by atoms with E-state index in [1.165, 1.54) is 25.1 Å². The molecule has 3 rings (SSSR count). The number of anilines is 2. The van der Waals surface area contributed by atoms with Gasteiger partial charge in [0.05, 0.1) is 7.11 Å². The summed E-state index contributed by atoms with van der Waals surface area (Å²) in [5.41, 5.74) is 1.14. The van der Waals surface area contributed by atoms with Gasteiger partial charge in [-0.25, -0.2) is 9.78 Å². The number of nitrogens with zero attached hydrogens (tertiary/aromatic N) is 1. The van der Waals surface area contributed by atoms with Crippen LogP contribution in [0.4, 0.5) is 11.5 Å². The molecule has 112 valence electrons. The van der Waals surface area contributed by atoms with Crippen molar-refractivity contribution in [2.75, 3.05) is 17.7 Å². The standard InChI is InChI=1S/C15H13N3O3S/c1-21-15(20)9-5-4-8-16-12(9)18-13(19)14-17-10-6-2-3-7-11(10)22-14/h2-8,14,17H,1H3,(H,16,18,19). The highest BCUT2D eigenvalue weighted by atomic mass is 32.2. The SMILES string of the molecule is COC(=O)c1cccnc1NC(=O)C1Nc2ccccc2S1. The van der Waals surface area contributed by atoms with Crippen molar-refractivity contribution >= 4 is 35.1 Å². The van der Waals surface area contributed by atoms with Crippen LogP contribution >= 0.6 is 11.8 Å². The van der Waals surface area contributed by atoms with E-state index in [0.717, 1.165) is 10.6 Å². The number of benzene rings is 1. The molecule has 0 saturated carbocycles. The number of carbonyl (C=O) groups excluding carboxylic acids is 2. The molecule has 0 saturated heterocycles. The van der Waals surface area contributed by atoms with E-state index in [9.17, 15) is 9.59 Å². The van der Waals surface area contributed by atoms with Gasteiger partial charge in [-0.3, -0.25) is 4.79 Å². The Morgan fingerprint density at radius 2 is 2.09 bits per heavy atom. The van der Waals surface area contributed by atoms with Gasteiger partial charge in [-0.2, -0.15) is 0 Å². The number of fused-ring (bicyclic) bond motifs is 1. The number of rotatable bonds is 3. The maximum Gasteiger partial charge on any atom is 0.341 e. The minimum atomic E-state index is -0.543. The van der Waals surface area contributed by atoms with Gasteiger partial charge in [-0.1, -0.05) is 23.9 Å². The number of pyridine rings is 1. The van der Waals surface area contributed by atoms with Crippen LogP contribution in [0, 0.1) is 0 Å². The van der Waals surface area contributed by atoms with Crippen LogP contribution in [0.15, 0.2) is 47.5 Å². The van der Waals surface area contributed by atoms with Crippen molar-refractivity contribution in [3.8, 4) is 0 Å². The van der Waals surface area contributed by atoms with Crippen LogP contribution in [0.5, 0.6) is 0 Å². The third kappa shape index (κ3) is 2.75. The van der Waals surface area contributed by atoms with Gasteiger partial charge in [0.15, 0.2) is 5.37 Å². The van der Waals surface area contributed by atoms with Crippen molar-refractivity contribution in [2.24, 2.45) is 0 Å². The summed E-state index contributed by atoms with van der Waals surface area (Å²) in [5, 5.41) is 5.32. The van der Waals surface area contributed by atoms with E-state index in [1.807, 2.05) is 24.3 Å². The summed E-state index contributed by atoms with van der Waals surface area (Å²) in [4.78, 5) is 29.1. The normalized spacial score (nSPS) is 15.6. The van der Waals surface area contributed by atoms with Crippen LogP contribution < -0.4 is 10.6 Å². The second kappa shape index (κ2) is 6.07. The summed E-state index contributed by atoms with van der Waals surface area (Å²) < 4.78 is 4.68. The lowest BCUT2D eigenvalue weighted by Crippen LogP contribution is -2.30. The summed E-state index contributed by atoms with van der Waals surface area (Å²) in [6.45, 7) is 0. The Kier molecular flexibility index (Phi) is 3.97. The topological polar surface area (TPSA) is 80.3 Å². The Morgan fingerprint density at radius 1 is 1.27 bits per heavy atom. The number of methoxy groups -OCH3 is 1. The van der Waals surface area contributed by atoms with Crippen molar-refractivity contribution in [3.05, 3.63) is 48.2 Å². The maximum atomic E-state index is 12.4. The van der Waals surface area contributed by atoms with E-state index in [2.05, 4.69) is 20.4 Å². The summed E-state index contributed by atoms with van der Waals surface area (Å²) in [6.07, 6.45) is 1.51. The predicted molar refractivity (Wildman–Crippen MR) is 83.9 cm³/mol. The number of thioether (sulfide) groups is 1. The Labute approximate surface area is 131 Å². The smallest absolute Gasteiger partial charge is 0.341 e. The first-order chi connectivity index (χ1) is 10.7. The highest BCUT2D eigenvalue weighted by molar-refractivity contribution is 8.01. The van der Waals surface area contributed by atoms with E-state index in [1.54, 1.807) is 12.1 Å². The van der Waals surface area contributed by atoms with E-state index < -0.39 is 11.3 Å². The van der Waals surface area contributed by atoms with E-state index in [4.69, 9.17) is 0 Å². The zero-order valence-electron chi connectivity index (χ0n) is 11.7. The molecular formula is C15H13N3O3S. The molecular weight excluding hydrogens is 302 g/mol. The third-order valence-corrected chi connectivity index (χ3v) is 4.29. The Hall–Kier alpha value is -2.54. The number of hydrogen-bond acceptors (Lipinski definition) is 6. The Bertz CT molecular complexity index is 710. The fourth-order valence-electron chi connectivity index (χ4n) is 2.07. The number of hydrogen-bond donors (Lipinski definition) is 2. The second-order valence-electron chi connectivity index (χ2n) is 4.52. The van der Waals surface area contributed by atoms with Crippen molar-refractivity contribution in [1.29, 1.82) is 0 Å². The molecule has 0 fully saturated rings. The zero-order valence-corrected chi connectivity index (χ0v) is 12.5. The van der Waals surface area contributed by atoms with Crippen LogP contribution in [0.1, 0.15) is 10.4 Å². The molecule has 0 aliphatic carbocycles. The molecule has 1 atom stereocenters. The number of amides is 1. The number of carbonyl (C=O) groups is 2. The quantitative estimate of drug-likeness (QED) is 0.846. The molecule has 2 aromatic rings. The highest BCUT2D eigenvalue weighted by Crippen LogP contribution is 2.38. The number of para-hydroxylation sites is 1. The summed E-state index contributed by atoms with van der Waals surface area (Å²) in [6, 6.07) is 10.8. The van der Waals surface area contributed by atoms with Crippen molar-refractivity contribution in [2.45, 2.75) is 10.3 Å². The van der Waals surface area contributed by atoms with Crippen LogP contribution in [-0.2, 0) is 9.53 Å². The average Bonchev–Trinajstić information content (AvgIpc) is 2.99. The van der Waals surface area contributed by atoms with Gasteiger partial charge in [0, 0.05) is 16.8 Å². The van der Waals surface area contributed by atoms with E-state index in [0.29, 0.717) is 0 Å². The van der Waals surface area contributed by atoms with Gasteiger partial charge in [0.2, 0.25) is 0 Å². The van der Waals surface area contributed by atoms with E-state index >= 15 is 0 Å². The first-order valence-electron chi connectivity index (χ1n) is 6.55. The fraction of sp³-hybridized carbons (Fsp3) is 0.133. The van der Waals surface area contributed by atoms with Gasteiger partial charge in [-0.15, -0.1) is 0 Å². The zero-order chi connectivity index (χ0) is 15.5. The van der Waals surface area contributed by atoms with E-state index in [-0.39, 0.29) is 17.3 Å².